The number of aliphatic hydroxyl groups is 1. The lowest BCUT2D eigenvalue weighted by Gasteiger charge is -2.16. The van der Waals surface area contributed by atoms with Crippen molar-refractivity contribution in [2.24, 2.45) is 5.92 Å². The van der Waals surface area contributed by atoms with Gasteiger partial charge >= 0.3 is 0 Å². The summed E-state index contributed by atoms with van der Waals surface area (Å²) in [7, 11) is 1.54. The van der Waals surface area contributed by atoms with Crippen LogP contribution in [0.5, 0.6) is 0 Å². The van der Waals surface area contributed by atoms with Gasteiger partial charge < -0.3 is 15.3 Å². The predicted molar refractivity (Wildman–Crippen MR) is 93.6 cm³/mol. The van der Waals surface area contributed by atoms with Crippen LogP contribution in [-0.4, -0.2) is 48.1 Å². The maximum atomic E-state index is 13.9. The van der Waals surface area contributed by atoms with Gasteiger partial charge in [-0.3, -0.25) is 9.59 Å². The summed E-state index contributed by atoms with van der Waals surface area (Å²) in [5, 5.41) is 12.6. The van der Waals surface area contributed by atoms with Crippen LogP contribution in [0.4, 0.5) is 4.39 Å². The molecule has 2 rings (SSSR count). The number of nitrogens with zero attached hydrogens (tertiary/aromatic N) is 1. The van der Waals surface area contributed by atoms with E-state index in [1.807, 2.05) is 19.9 Å². The van der Waals surface area contributed by atoms with E-state index in [-0.39, 0.29) is 36.5 Å². The molecule has 0 radical (unpaired) electrons. The fourth-order valence-corrected chi connectivity index (χ4v) is 2.92. The zero-order valence-corrected chi connectivity index (χ0v) is 14.9. The van der Waals surface area contributed by atoms with Crippen molar-refractivity contribution in [3.05, 3.63) is 46.8 Å². The van der Waals surface area contributed by atoms with Crippen LogP contribution in [0.3, 0.4) is 0 Å². The molecule has 1 aromatic rings. The van der Waals surface area contributed by atoms with Gasteiger partial charge in [0.2, 0.25) is 5.91 Å². The first kappa shape index (κ1) is 19.1. The number of halogens is 1. The summed E-state index contributed by atoms with van der Waals surface area (Å²) in [6.45, 7) is 4.37. The van der Waals surface area contributed by atoms with E-state index < -0.39 is 6.10 Å². The first-order valence-corrected chi connectivity index (χ1v) is 8.41. The Morgan fingerprint density at radius 2 is 2.08 bits per heavy atom. The highest BCUT2D eigenvalue weighted by Crippen LogP contribution is 2.23. The van der Waals surface area contributed by atoms with Crippen LogP contribution in [-0.2, 0) is 11.2 Å². The lowest BCUT2D eigenvalue weighted by Crippen LogP contribution is -2.30. The minimum Gasteiger partial charge on any atom is -0.391 e. The van der Waals surface area contributed by atoms with Gasteiger partial charge in [0.15, 0.2) is 0 Å². The molecule has 0 spiro atoms. The zero-order valence-electron chi connectivity index (χ0n) is 14.9. The second-order valence-corrected chi connectivity index (χ2v) is 6.71. The maximum Gasteiger partial charge on any atom is 0.253 e. The zero-order chi connectivity index (χ0) is 18.6. The van der Waals surface area contributed by atoms with Gasteiger partial charge in [-0.2, -0.15) is 0 Å². The Morgan fingerprint density at radius 3 is 2.72 bits per heavy atom. The number of carbonyl (C=O) groups excluding carboxylic acids is 2. The number of nitrogens with one attached hydrogen (secondary N) is 1. The number of hydrogen-bond donors (Lipinski definition) is 2. The average Bonchev–Trinajstić information content (AvgIpc) is 2.93. The van der Waals surface area contributed by atoms with E-state index in [2.05, 4.69) is 5.32 Å². The van der Waals surface area contributed by atoms with E-state index in [9.17, 15) is 19.1 Å². The summed E-state index contributed by atoms with van der Waals surface area (Å²) in [5.74, 6) is -1.04. The van der Waals surface area contributed by atoms with Gasteiger partial charge in [0, 0.05) is 38.0 Å². The molecule has 0 saturated carbocycles. The number of aliphatic hydroxyl groups excluding tert-OH is 1. The summed E-state index contributed by atoms with van der Waals surface area (Å²) in [5.41, 5.74) is 1.94. The summed E-state index contributed by atoms with van der Waals surface area (Å²) < 4.78 is 13.9. The number of hydrogen-bond acceptors (Lipinski definition) is 3. The lowest BCUT2D eigenvalue weighted by atomic mass is 10.0. The van der Waals surface area contributed by atoms with E-state index in [4.69, 9.17) is 0 Å². The third-order valence-corrected chi connectivity index (χ3v) is 4.44. The topological polar surface area (TPSA) is 69.6 Å². The first-order valence-electron chi connectivity index (χ1n) is 8.41. The Morgan fingerprint density at radius 1 is 1.36 bits per heavy atom. The van der Waals surface area contributed by atoms with Crippen molar-refractivity contribution >= 4 is 11.8 Å². The monoisotopic (exact) mass is 348 g/mol. The van der Waals surface area contributed by atoms with Crippen molar-refractivity contribution in [3.8, 4) is 0 Å². The number of carbonyl (C=O) groups is 2. The van der Waals surface area contributed by atoms with Crippen molar-refractivity contribution in [3.63, 3.8) is 0 Å². The molecule has 2 N–H and O–H groups in total. The van der Waals surface area contributed by atoms with Crippen molar-refractivity contribution in [2.45, 2.75) is 32.8 Å². The Kier molecular flexibility index (Phi) is 6.31. The number of rotatable bonds is 5. The summed E-state index contributed by atoms with van der Waals surface area (Å²) >= 11 is 0. The largest absolute Gasteiger partial charge is 0.391 e. The number of benzene rings is 1. The Bertz CT molecular complexity index is 683. The van der Waals surface area contributed by atoms with E-state index >= 15 is 0 Å². The first-order chi connectivity index (χ1) is 11.8. The molecule has 0 aliphatic carbocycles. The van der Waals surface area contributed by atoms with Crippen LogP contribution in [0.2, 0.25) is 0 Å². The minimum atomic E-state index is -0.730. The average molecular weight is 348 g/mol. The van der Waals surface area contributed by atoms with Crippen LogP contribution >= 0.6 is 0 Å². The molecular formula is C19H25FN2O3. The molecule has 1 aromatic carbocycles. The van der Waals surface area contributed by atoms with Gasteiger partial charge in [-0.1, -0.05) is 11.6 Å². The Labute approximate surface area is 147 Å². The molecular weight excluding hydrogens is 323 g/mol. The van der Waals surface area contributed by atoms with Crippen LogP contribution in [0.25, 0.3) is 0 Å². The quantitative estimate of drug-likeness (QED) is 0.799. The molecule has 1 heterocycles. The molecule has 1 aliphatic heterocycles. The van der Waals surface area contributed by atoms with Crippen molar-refractivity contribution in [1.82, 2.24) is 10.2 Å². The highest BCUT2D eigenvalue weighted by molar-refractivity contribution is 5.94. The molecule has 1 fully saturated rings. The smallest absolute Gasteiger partial charge is 0.253 e. The lowest BCUT2D eigenvalue weighted by molar-refractivity contribution is -0.122. The van der Waals surface area contributed by atoms with Gasteiger partial charge in [-0.15, -0.1) is 0 Å². The molecule has 0 aromatic heterocycles. The Hall–Kier alpha value is -2.21. The molecule has 136 valence electrons. The normalized spacial score (nSPS) is 19.6. The minimum absolute atomic E-state index is 0.163. The molecule has 0 unspecified atom stereocenters. The van der Waals surface area contributed by atoms with Crippen molar-refractivity contribution in [1.29, 1.82) is 0 Å². The molecule has 1 aliphatic rings. The second kappa shape index (κ2) is 8.25. The molecule has 1 saturated heterocycles. The van der Waals surface area contributed by atoms with Crippen LogP contribution in [0.1, 0.15) is 36.2 Å². The summed E-state index contributed by atoms with van der Waals surface area (Å²) in [6.07, 6.45) is 1.78. The fraction of sp³-hybridized carbons (Fsp3) is 0.474. The van der Waals surface area contributed by atoms with Gasteiger partial charge in [0.05, 0.1) is 6.10 Å². The SMILES string of the molecule is CNC(=O)C[C@@H]1CN(C(=O)c2ccc(F)c(CC=C(C)C)c2)C[C@H]1O. The Balaban J connectivity index is 2.11. The number of likely N-dealkylation sites (tertiary alicyclic amines) is 1. The van der Waals surface area contributed by atoms with E-state index in [1.165, 1.54) is 17.0 Å². The summed E-state index contributed by atoms with van der Waals surface area (Å²) in [6, 6.07) is 4.33. The highest BCUT2D eigenvalue weighted by atomic mass is 19.1. The van der Waals surface area contributed by atoms with Crippen LogP contribution < -0.4 is 5.32 Å². The number of amides is 2. The standard InChI is InChI=1S/C19H25FN2O3/c1-12(2)4-5-13-8-14(6-7-16(13)20)19(25)22-10-15(17(23)11-22)9-18(24)21-3/h4,6-8,15,17,23H,5,9-11H2,1-3H3,(H,21,24)/t15-,17-/m1/s1. The molecule has 2 amide bonds. The number of allylic oxidation sites excluding steroid dienone is 2. The maximum absolute atomic E-state index is 13.9. The van der Waals surface area contributed by atoms with E-state index in [0.717, 1.165) is 5.57 Å². The van der Waals surface area contributed by atoms with E-state index in [1.54, 1.807) is 13.1 Å². The second-order valence-electron chi connectivity index (χ2n) is 6.71. The molecule has 2 atom stereocenters. The highest BCUT2D eigenvalue weighted by Gasteiger charge is 2.35. The predicted octanol–water partition coefficient (Wildman–Crippen LogP) is 1.90. The van der Waals surface area contributed by atoms with Gasteiger partial charge in [-0.05, 0) is 44.0 Å². The molecule has 6 heteroatoms. The van der Waals surface area contributed by atoms with Gasteiger partial charge in [0.1, 0.15) is 5.82 Å². The van der Waals surface area contributed by atoms with Gasteiger partial charge in [0.25, 0.3) is 5.91 Å². The molecule has 5 nitrogen and oxygen atoms in total. The fourth-order valence-electron chi connectivity index (χ4n) is 2.92. The summed E-state index contributed by atoms with van der Waals surface area (Å²) in [4.78, 5) is 25.7. The van der Waals surface area contributed by atoms with Crippen molar-refractivity contribution in [2.75, 3.05) is 20.1 Å². The third-order valence-electron chi connectivity index (χ3n) is 4.44. The van der Waals surface area contributed by atoms with Crippen LogP contribution in [0, 0.1) is 11.7 Å². The molecule has 25 heavy (non-hydrogen) atoms. The third kappa shape index (κ3) is 4.89. The van der Waals surface area contributed by atoms with Crippen LogP contribution in [0.15, 0.2) is 29.8 Å². The van der Waals surface area contributed by atoms with E-state index in [0.29, 0.717) is 24.1 Å². The number of β-amino-alcohol motifs (C(OH)–C–C–N with tert-alkyl or cyclic N) is 1. The molecule has 0 bridgehead atoms. The van der Waals surface area contributed by atoms with Crippen molar-refractivity contribution < 1.29 is 19.1 Å². The van der Waals surface area contributed by atoms with Gasteiger partial charge in [-0.25, -0.2) is 4.39 Å².